The van der Waals surface area contributed by atoms with Crippen molar-refractivity contribution in [3.63, 3.8) is 0 Å². The van der Waals surface area contributed by atoms with Crippen LogP contribution in [0.15, 0.2) is 6.33 Å². The molecule has 1 aliphatic heterocycles. The maximum absolute atomic E-state index is 11.7. The SMILES string of the molecule is CC(C)(C)OC(=O)CCNc1ncnc(N2CCOCC2)c1[N+](=O)[O-]. The Morgan fingerprint density at radius 3 is 2.68 bits per heavy atom. The normalized spacial score (nSPS) is 14.9. The molecule has 0 amide bonds. The maximum atomic E-state index is 11.7. The van der Waals surface area contributed by atoms with Crippen LogP contribution in [-0.4, -0.2) is 59.3 Å². The molecule has 0 spiro atoms. The molecular weight excluding hydrogens is 330 g/mol. The van der Waals surface area contributed by atoms with Gasteiger partial charge in [-0.3, -0.25) is 14.9 Å². The van der Waals surface area contributed by atoms with Gasteiger partial charge in [0, 0.05) is 19.6 Å². The predicted octanol–water partition coefficient (Wildman–Crippen LogP) is 1.37. The van der Waals surface area contributed by atoms with E-state index in [9.17, 15) is 14.9 Å². The number of nitrogens with zero attached hydrogens (tertiary/aromatic N) is 4. The summed E-state index contributed by atoms with van der Waals surface area (Å²) in [5, 5.41) is 14.3. The van der Waals surface area contributed by atoms with Crippen molar-refractivity contribution >= 4 is 23.3 Å². The largest absolute Gasteiger partial charge is 0.460 e. The molecule has 10 heteroatoms. The van der Waals surface area contributed by atoms with Crippen molar-refractivity contribution in [2.45, 2.75) is 32.8 Å². The second-order valence-corrected chi connectivity index (χ2v) is 6.51. The molecule has 1 N–H and O–H groups in total. The lowest BCUT2D eigenvalue weighted by atomic mass is 10.2. The first-order chi connectivity index (χ1) is 11.8. The third-order valence-corrected chi connectivity index (χ3v) is 3.34. The van der Waals surface area contributed by atoms with Crippen LogP contribution in [0, 0.1) is 10.1 Å². The summed E-state index contributed by atoms with van der Waals surface area (Å²) in [5.74, 6) is -0.0433. The quantitative estimate of drug-likeness (QED) is 0.459. The van der Waals surface area contributed by atoms with Gasteiger partial charge < -0.3 is 19.7 Å². The summed E-state index contributed by atoms with van der Waals surface area (Å²) >= 11 is 0. The van der Waals surface area contributed by atoms with Gasteiger partial charge in [0.1, 0.15) is 11.9 Å². The van der Waals surface area contributed by atoms with Gasteiger partial charge in [0.15, 0.2) is 0 Å². The molecule has 0 bridgehead atoms. The van der Waals surface area contributed by atoms with Crippen molar-refractivity contribution in [1.82, 2.24) is 9.97 Å². The van der Waals surface area contributed by atoms with Gasteiger partial charge in [0.2, 0.25) is 11.6 Å². The molecule has 25 heavy (non-hydrogen) atoms. The van der Waals surface area contributed by atoms with Crippen LogP contribution < -0.4 is 10.2 Å². The first-order valence-corrected chi connectivity index (χ1v) is 8.06. The average Bonchev–Trinajstić information content (AvgIpc) is 2.53. The van der Waals surface area contributed by atoms with Crippen molar-refractivity contribution in [3.05, 3.63) is 16.4 Å². The Morgan fingerprint density at radius 1 is 1.40 bits per heavy atom. The lowest BCUT2D eigenvalue weighted by Crippen LogP contribution is -2.37. The zero-order valence-electron chi connectivity index (χ0n) is 14.7. The summed E-state index contributed by atoms with van der Waals surface area (Å²) < 4.78 is 10.5. The smallest absolute Gasteiger partial charge is 0.353 e. The molecule has 2 heterocycles. The van der Waals surface area contributed by atoms with Crippen LogP contribution in [0.25, 0.3) is 0 Å². The molecule has 138 valence electrons. The zero-order chi connectivity index (χ0) is 18.4. The van der Waals surface area contributed by atoms with Gasteiger partial charge in [-0.2, -0.15) is 0 Å². The highest BCUT2D eigenvalue weighted by atomic mass is 16.6. The van der Waals surface area contributed by atoms with Crippen LogP contribution >= 0.6 is 0 Å². The molecule has 1 aromatic rings. The van der Waals surface area contributed by atoms with Crippen molar-refractivity contribution in [1.29, 1.82) is 0 Å². The van der Waals surface area contributed by atoms with Gasteiger partial charge in [-0.1, -0.05) is 0 Å². The van der Waals surface area contributed by atoms with Crippen LogP contribution in [0.3, 0.4) is 0 Å². The molecule has 0 unspecified atom stereocenters. The standard InChI is InChI=1S/C15H23N5O5/c1-15(2,3)25-11(21)4-5-16-13-12(20(22)23)14(18-10-17-13)19-6-8-24-9-7-19/h10H,4-9H2,1-3H3,(H,16,17,18). The molecule has 1 aromatic heterocycles. The third kappa shape index (κ3) is 5.52. The van der Waals surface area contributed by atoms with E-state index in [4.69, 9.17) is 9.47 Å². The van der Waals surface area contributed by atoms with Crippen LogP contribution in [-0.2, 0) is 14.3 Å². The Kier molecular flexibility index (Phi) is 6.07. The number of carbonyl (C=O) groups is 1. The summed E-state index contributed by atoms with van der Waals surface area (Å²) in [4.78, 5) is 32.5. The van der Waals surface area contributed by atoms with Crippen LogP contribution in [0.5, 0.6) is 0 Å². The van der Waals surface area contributed by atoms with Gasteiger partial charge in [-0.05, 0) is 20.8 Å². The maximum Gasteiger partial charge on any atom is 0.353 e. The van der Waals surface area contributed by atoms with Gasteiger partial charge in [-0.25, -0.2) is 9.97 Å². The number of morpholine rings is 1. The van der Waals surface area contributed by atoms with E-state index in [2.05, 4.69) is 15.3 Å². The summed E-state index contributed by atoms with van der Waals surface area (Å²) in [6.45, 7) is 7.54. The fraction of sp³-hybridized carbons (Fsp3) is 0.667. The average molecular weight is 353 g/mol. The van der Waals surface area contributed by atoms with Crippen LogP contribution in [0.1, 0.15) is 27.2 Å². The van der Waals surface area contributed by atoms with E-state index >= 15 is 0 Å². The highest BCUT2D eigenvalue weighted by Gasteiger charge is 2.28. The molecule has 1 fully saturated rings. The molecule has 2 rings (SSSR count). The molecule has 0 atom stereocenters. The fourth-order valence-electron chi connectivity index (χ4n) is 2.35. The Bertz CT molecular complexity index is 625. The van der Waals surface area contributed by atoms with Gasteiger partial charge in [0.05, 0.1) is 24.6 Å². The minimum atomic E-state index is -0.568. The number of hydrogen-bond acceptors (Lipinski definition) is 9. The number of hydrogen-bond donors (Lipinski definition) is 1. The number of nitrogens with one attached hydrogen (secondary N) is 1. The minimum absolute atomic E-state index is 0.0747. The van der Waals surface area contributed by atoms with E-state index in [-0.39, 0.29) is 36.3 Å². The van der Waals surface area contributed by atoms with E-state index in [1.807, 2.05) is 0 Å². The van der Waals surface area contributed by atoms with E-state index in [0.29, 0.717) is 26.3 Å². The molecule has 0 radical (unpaired) electrons. The number of nitro groups is 1. The number of rotatable bonds is 6. The van der Waals surface area contributed by atoms with Crippen molar-refractivity contribution < 1.29 is 19.2 Å². The molecular formula is C15H23N5O5. The van der Waals surface area contributed by atoms with Crippen molar-refractivity contribution in [2.75, 3.05) is 43.1 Å². The first-order valence-electron chi connectivity index (χ1n) is 8.06. The Balaban J connectivity index is 2.07. The van der Waals surface area contributed by atoms with Crippen molar-refractivity contribution in [2.24, 2.45) is 0 Å². The molecule has 0 aliphatic carbocycles. The molecule has 0 saturated carbocycles. The molecule has 10 nitrogen and oxygen atoms in total. The summed E-state index contributed by atoms with van der Waals surface area (Å²) in [5.41, 5.74) is -0.768. The van der Waals surface area contributed by atoms with Crippen LogP contribution in [0.2, 0.25) is 0 Å². The summed E-state index contributed by atoms with van der Waals surface area (Å²) in [6.07, 6.45) is 1.35. The summed E-state index contributed by atoms with van der Waals surface area (Å²) in [6, 6.07) is 0. The number of carbonyl (C=O) groups excluding carboxylic acids is 1. The lowest BCUT2D eigenvalue weighted by molar-refractivity contribution is -0.383. The Labute approximate surface area is 145 Å². The highest BCUT2D eigenvalue weighted by Crippen LogP contribution is 2.32. The predicted molar refractivity (Wildman–Crippen MR) is 90.7 cm³/mol. The van der Waals surface area contributed by atoms with E-state index < -0.39 is 10.5 Å². The Morgan fingerprint density at radius 2 is 2.08 bits per heavy atom. The second-order valence-electron chi connectivity index (χ2n) is 6.51. The van der Waals surface area contributed by atoms with Gasteiger partial charge >= 0.3 is 11.7 Å². The van der Waals surface area contributed by atoms with Crippen LogP contribution in [0.4, 0.5) is 17.3 Å². The number of ether oxygens (including phenoxy) is 2. The van der Waals surface area contributed by atoms with Gasteiger partial charge in [0.25, 0.3) is 0 Å². The van der Waals surface area contributed by atoms with Crippen molar-refractivity contribution in [3.8, 4) is 0 Å². The first kappa shape index (κ1) is 18.8. The lowest BCUT2D eigenvalue weighted by Gasteiger charge is -2.27. The molecule has 1 aliphatic rings. The minimum Gasteiger partial charge on any atom is -0.460 e. The third-order valence-electron chi connectivity index (χ3n) is 3.34. The highest BCUT2D eigenvalue weighted by molar-refractivity contribution is 5.72. The zero-order valence-corrected chi connectivity index (χ0v) is 14.7. The van der Waals surface area contributed by atoms with E-state index in [1.165, 1.54) is 6.33 Å². The Hall–Kier alpha value is -2.49. The number of anilines is 2. The molecule has 0 aromatic carbocycles. The molecule has 1 saturated heterocycles. The summed E-state index contributed by atoms with van der Waals surface area (Å²) in [7, 11) is 0. The van der Waals surface area contributed by atoms with E-state index in [0.717, 1.165) is 0 Å². The number of aromatic nitrogens is 2. The monoisotopic (exact) mass is 353 g/mol. The topological polar surface area (TPSA) is 120 Å². The number of esters is 1. The van der Waals surface area contributed by atoms with Gasteiger partial charge in [-0.15, -0.1) is 0 Å². The fourth-order valence-corrected chi connectivity index (χ4v) is 2.35. The second kappa shape index (κ2) is 8.06. The van der Waals surface area contributed by atoms with E-state index in [1.54, 1.807) is 25.7 Å².